The lowest BCUT2D eigenvalue weighted by Crippen LogP contribution is -2.27. The number of hydrogen-bond donors (Lipinski definition) is 1. The van der Waals surface area contributed by atoms with Crippen LogP contribution in [0.3, 0.4) is 0 Å². The van der Waals surface area contributed by atoms with Crippen molar-refractivity contribution in [3.63, 3.8) is 0 Å². The highest BCUT2D eigenvalue weighted by atomic mass is 127. The molecule has 1 atom stereocenters. The molecule has 0 spiro atoms. The summed E-state index contributed by atoms with van der Waals surface area (Å²) >= 11 is 2.32. The van der Waals surface area contributed by atoms with E-state index in [1.54, 1.807) is 0 Å². The number of amides is 1. The summed E-state index contributed by atoms with van der Waals surface area (Å²) in [6.07, 6.45) is 2.14. The molecule has 1 saturated carbocycles. The SMILES string of the molecule is CC1(C)CC1C(=O)NCCCI. The molecule has 3 heteroatoms. The zero-order chi connectivity index (χ0) is 9.19. The second-order valence-corrected chi connectivity index (χ2v) is 5.16. The third kappa shape index (κ3) is 2.61. The Morgan fingerprint density at radius 1 is 1.67 bits per heavy atom. The van der Waals surface area contributed by atoms with Gasteiger partial charge < -0.3 is 5.32 Å². The first-order valence-electron chi connectivity index (χ1n) is 4.41. The van der Waals surface area contributed by atoms with Crippen LogP contribution in [0.4, 0.5) is 0 Å². The Kier molecular flexibility index (Phi) is 3.37. The maximum atomic E-state index is 11.4. The van der Waals surface area contributed by atoms with E-state index >= 15 is 0 Å². The molecule has 1 aliphatic carbocycles. The summed E-state index contributed by atoms with van der Waals surface area (Å²) < 4.78 is 1.12. The van der Waals surface area contributed by atoms with Gasteiger partial charge in [0.15, 0.2) is 0 Å². The highest BCUT2D eigenvalue weighted by Crippen LogP contribution is 2.51. The van der Waals surface area contributed by atoms with Crippen molar-refractivity contribution in [2.24, 2.45) is 11.3 Å². The van der Waals surface area contributed by atoms with Crippen molar-refractivity contribution in [2.75, 3.05) is 11.0 Å². The molecular formula is C9H16INO. The Labute approximate surface area is 87.6 Å². The fourth-order valence-corrected chi connectivity index (χ4v) is 1.70. The van der Waals surface area contributed by atoms with E-state index in [0.29, 0.717) is 0 Å². The Morgan fingerprint density at radius 3 is 2.67 bits per heavy atom. The summed E-state index contributed by atoms with van der Waals surface area (Å²) in [6, 6.07) is 0. The molecule has 0 aliphatic heterocycles. The molecule has 1 rings (SSSR count). The van der Waals surface area contributed by atoms with Gasteiger partial charge in [-0.1, -0.05) is 36.4 Å². The number of hydrogen-bond acceptors (Lipinski definition) is 1. The number of rotatable bonds is 4. The Hall–Kier alpha value is 0.200. The number of nitrogens with one attached hydrogen (secondary N) is 1. The molecule has 0 aromatic rings. The van der Waals surface area contributed by atoms with E-state index in [1.165, 1.54) is 0 Å². The van der Waals surface area contributed by atoms with Gasteiger partial charge in [0.1, 0.15) is 0 Å². The Bertz CT molecular complexity index is 179. The van der Waals surface area contributed by atoms with Crippen molar-refractivity contribution in [2.45, 2.75) is 26.7 Å². The monoisotopic (exact) mass is 281 g/mol. The fourth-order valence-electron chi connectivity index (χ4n) is 1.32. The third-order valence-electron chi connectivity index (χ3n) is 2.44. The van der Waals surface area contributed by atoms with Crippen molar-refractivity contribution in [1.82, 2.24) is 5.32 Å². The number of alkyl halides is 1. The smallest absolute Gasteiger partial charge is 0.223 e. The van der Waals surface area contributed by atoms with Crippen LogP contribution < -0.4 is 5.32 Å². The largest absolute Gasteiger partial charge is 0.356 e. The molecular weight excluding hydrogens is 265 g/mol. The fraction of sp³-hybridized carbons (Fsp3) is 0.889. The van der Waals surface area contributed by atoms with E-state index in [-0.39, 0.29) is 17.2 Å². The molecule has 0 radical (unpaired) electrons. The van der Waals surface area contributed by atoms with Crippen molar-refractivity contribution in [3.8, 4) is 0 Å². The highest BCUT2D eigenvalue weighted by molar-refractivity contribution is 14.1. The standard InChI is InChI=1S/C9H16INO/c1-9(2)6-7(9)8(12)11-5-3-4-10/h7H,3-6H2,1-2H3,(H,11,12). The molecule has 1 amide bonds. The van der Waals surface area contributed by atoms with Crippen LogP contribution in [0, 0.1) is 11.3 Å². The number of carbonyl (C=O) groups excluding carboxylic acids is 1. The van der Waals surface area contributed by atoms with Gasteiger partial charge in [-0.3, -0.25) is 4.79 Å². The van der Waals surface area contributed by atoms with Gasteiger partial charge in [0.2, 0.25) is 5.91 Å². The highest BCUT2D eigenvalue weighted by Gasteiger charge is 2.50. The maximum Gasteiger partial charge on any atom is 0.223 e. The molecule has 12 heavy (non-hydrogen) atoms. The maximum absolute atomic E-state index is 11.4. The molecule has 1 fully saturated rings. The summed E-state index contributed by atoms with van der Waals surface area (Å²) in [7, 11) is 0. The average Bonchev–Trinajstić information content (AvgIpc) is 2.60. The van der Waals surface area contributed by atoms with E-state index in [2.05, 4.69) is 41.8 Å². The van der Waals surface area contributed by atoms with Crippen molar-refractivity contribution in [3.05, 3.63) is 0 Å². The molecule has 0 aromatic heterocycles. The van der Waals surface area contributed by atoms with Gasteiger partial charge in [-0.15, -0.1) is 0 Å². The van der Waals surface area contributed by atoms with E-state index in [1.807, 2.05) is 0 Å². The summed E-state index contributed by atoms with van der Waals surface area (Å²) in [5.41, 5.74) is 0.272. The molecule has 0 saturated heterocycles. The number of halogens is 1. The summed E-state index contributed by atoms with van der Waals surface area (Å²) in [4.78, 5) is 11.4. The van der Waals surface area contributed by atoms with Gasteiger partial charge in [-0.05, 0) is 18.3 Å². The first-order chi connectivity index (χ1) is 5.58. The van der Waals surface area contributed by atoms with Crippen LogP contribution in [0.5, 0.6) is 0 Å². The molecule has 0 heterocycles. The van der Waals surface area contributed by atoms with Crippen LogP contribution in [0.25, 0.3) is 0 Å². The predicted octanol–water partition coefficient (Wildman–Crippen LogP) is 1.97. The molecule has 0 bridgehead atoms. The molecule has 70 valence electrons. The molecule has 1 aliphatic rings. The zero-order valence-corrected chi connectivity index (χ0v) is 9.85. The van der Waals surface area contributed by atoms with Crippen LogP contribution in [0.2, 0.25) is 0 Å². The molecule has 2 nitrogen and oxygen atoms in total. The minimum absolute atomic E-state index is 0.254. The van der Waals surface area contributed by atoms with Crippen molar-refractivity contribution < 1.29 is 4.79 Å². The van der Waals surface area contributed by atoms with E-state index in [9.17, 15) is 4.79 Å². The topological polar surface area (TPSA) is 29.1 Å². The van der Waals surface area contributed by atoms with Gasteiger partial charge in [0.25, 0.3) is 0 Å². The lowest BCUT2D eigenvalue weighted by Gasteiger charge is -2.04. The van der Waals surface area contributed by atoms with Crippen LogP contribution in [-0.4, -0.2) is 16.9 Å². The quantitative estimate of drug-likeness (QED) is 0.476. The lowest BCUT2D eigenvalue weighted by atomic mass is 10.1. The summed E-state index contributed by atoms with van der Waals surface area (Å²) in [5, 5.41) is 2.96. The number of carbonyl (C=O) groups is 1. The normalized spacial score (nSPS) is 25.1. The van der Waals surface area contributed by atoms with Crippen LogP contribution >= 0.6 is 22.6 Å². The molecule has 0 aromatic carbocycles. The average molecular weight is 281 g/mol. The second kappa shape index (κ2) is 3.94. The summed E-state index contributed by atoms with van der Waals surface area (Å²) in [5.74, 6) is 0.538. The first kappa shape index (κ1) is 10.3. The minimum Gasteiger partial charge on any atom is -0.356 e. The van der Waals surface area contributed by atoms with Gasteiger partial charge >= 0.3 is 0 Å². The first-order valence-corrected chi connectivity index (χ1v) is 5.94. The van der Waals surface area contributed by atoms with Crippen LogP contribution in [0.1, 0.15) is 26.7 Å². The molecule has 1 N–H and O–H groups in total. The van der Waals surface area contributed by atoms with Gasteiger partial charge in [0.05, 0.1) is 0 Å². The van der Waals surface area contributed by atoms with Gasteiger partial charge in [0, 0.05) is 16.9 Å². The van der Waals surface area contributed by atoms with E-state index in [0.717, 1.165) is 23.8 Å². The summed E-state index contributed by atoms with van der Waals surface area (Å²) in [6.45, 7) is 5.14. The Balaban J connectivity index is 2.14. The third-order valence-corrected chi connectivity index (χ3v) is 3.20. The Morgan fingerprint density at radius 2 is 2.25 bits per heavy atom. The minimum atomic E-state index is 0.254. The van der Waals surface area contributed by atoms with E-state index < -0.39 is 0 Å². The lowest BCUT2D eigenvalue weighted by molar-refractivity contribution is -0.122. The van der Waals surface area contributed by atoms with Crippen LogP contribution in [-0.2, 0) is 4.79 Å². The molecule has 1 unspecified atom stereocenters. The van der Waals surface area contributed by atoms with Crippen molar-refractivity contribution in [1.29, 1.82) is 0 Å². The zero-order valence-electron chi connectivity index (χ0n) is 7.69. The second-order valence-electron chi connectivity index (χ2n) is 4.08. The van der Waals surface area contributed by atoms with Gasteiger partial charge in [-0.25, -0.2) is 0 Å². The van der Waals surface area contributed by atoms with Gasteiger partial charge in [-0.2, -0.15) is 0 Å². The van der Waals surface area contributed by atoms with Crippen LogP contribution in [0.15, 0.2) is 0 Å². The van der Waals surface area contributed by atoms with Crippen molar-refractivity contribution >= 4 is 28.5 Å². The van der Waals surface area contributed by atoms with E-state index in [4.69, 9.17) is 0 Å². The predicted molar refractivity (Wildman–Crippen MR) is 58.4 cm³/mol.